The van der Waals surface area contributed by atoms with Crippen molar-refractivity contribution in [2.24, 2.45) is 0 Å². The van der Waals surface area contributed by atoms with Crippen LogP contribution < -0.4 is 0 Å². The Hall–Kier alpha value is -0.504. The lowest BCUT2D eigenvalue weighted by Gasteiger charge is -2.42. The van der Waals surface area contributed by atoms with E-state index in [1.54, 1.807) is 20.8 Å². The Bertz CT molecular complexity index is 1920. The molecule has 0 bridgehead atoms. The summed E-state index contributed by atoms with van der Waals surface area (Å²) >= 11 is 0. The van der Waals surface area contributed by atoms with Gasteiger partial charge >= 0.3 is 61.0 Å². The van der Waals surface area contributed by atoms with Gasteiger partial charge in [0.05, 0.1) is 19.8 Å². The SMILES string of the molecule is C=C(C)C(=O)OCC(O)COCCC[Si](C)(C)O[Si](C)(C)O[Si](C)(C)O[Si](C)(C)OC(C)C.C=C(C)C(=O)OCC(O)COCCC[Si](C)(O[Si](C)(C)C)O[Si](C)(C)C.C=C(C)C(=O)OCCC[Si](O[Si](C)(C)C)(O[Si](C)(C)C)O[Si](C)(C)C. The predicted octanol–water partition coefficient (Wildman–Crippen LogP) is 13.3. The number of esters is 3. The maximum Gasteiger partial charge on any atom is 0.469 e. The van der Waals surface area contributed by atoms with Crippen molar-refractivity contribution in [3.05, 3.63) is 36.5 Å². The molecule has 0 amide bonds. The van der Waals surface area contributed by atoms with Gasteiger partial charge in [-0.2, -0.15) is 0 Å². The first-order valence-electron chi connectivity index (χ1n) is 29.6. The largest absolute Gasteiger partial charge is 0.469 e. The summed E-state index contributed by atoms with van der Waals surface area (Å²) in [7, 11) is -23.1. The monoisotopic (exact) mass is 1380 g/mol. The lowest BCUT2D eigenvalue weighted by atomic mass is 10.3. The van der Waals surface area contributed by atoms with Gasteiger partial charge in [-0.1, -0.05) is 19.7 Å². The molecule has 0 spiro atoms. The van der Waals surface area contributed by atoms with Crippen molar-refractivity contribution in [2.75, 3.05) is 46.2 Å². The molecule has 0 fully saturated rings. The lowest BCUT2D eigenvalue weighted by molar-refractivity contribution is -0.143. The second kappa shape index (κ2) is 38.4. The fourth-order valence-electron chi connectivity index (χ4n) is 8.36. The Morgan fingerprint density at radius 2 is 0.690 bits per heavy atom. The third-order valence-electron chi connectivity index (χ3n) is 9.78. The first kappa shape index (κ1) is 87.7. The Labute approximate surface area is 523 Å². The summed E-state index contributed by atoms with van der Waals surface area (Å²) in [4.78, 5) is 34.2. The fraction of sp³-hybridized carbons (Fsp3) is 0.833. The molecule has 2 N–H and O–H groups in total. The van der Waals surface area contributed by atoms with E-state index in [-0.39, 0.29) is 38.5 Å². The molecule has 0 heterocycles. The van der Waals surface area contributed by atoms with Gasteiger partial charge < -0.3 is 71.2 Å². The Kier molecular flexibility index (Phi) is 40.1. The van der Waals surface area contributed by atoms with Gasteiger partial charge in [-0.3, -0.25) is 0 Å². The Morgan fingerprint density at radius 3 is 1.02 bits per heavy atom. The van der Waals surface area contributed by atoms with Crippen LogP contribution in [0.3, 0.4) is 0 Å². The van der Waals surface area contributed by atoms with Crippen molar-refractivity contribution < 1.29 is 85.6 Å². The number of rotatable bonds is 41. The second-order valence-electron chi connectivity index (χ2n) is 28.8. The average molecular weight is 1390 g/mol. The van der Waals surface area contributed by atoms with Gasteiger partial charge in [-0.05, 0) is 223 Å². The molecule has 19 nitrogen and oxygen atoms in total. The van der Waals surface area contributed by atoms with E-state index in [1.807, 2.05) is 13.8 Å². The van der Waals surface area contributed by atoms with Gasteiger partial charge in [0.15, 0.2) is 49.9 Å². The normalized spacial score (nSPS) is 14.1. The first-order chi connectivity index (χ1) is 37.3. The van der Waals surface area contributed by atoms with Gasteiger partial charge in [0.25, 0.3) is 0 Å². The number of hydrogen-bond donors (Lipinski definition) is 2. The van der Waals surface area contributed by atoms with E-state index in [4.69, 9.17) is 61.0 Å². The van der Waals surface area contributed by atoms with Gasteiger partial charge in [0, 0.05) is 42.1 Å². The van der Waals surface area contributed by atoms with Gasteiger partial charge in [0.2, 0.25) is 0 Å². The molecule has 0 aromatic heterocycles. The molecule has 0 radical (unpaired) electrons. The Morgan fingerprint density at radius 1 is 0.381 bits per heavy atom. The lowest BCUT2D eigenvalue weighted by Crippen LogP contribution is -2.60. The van der Waals surface area contributed by atoms with Gasteiger partial charge in [0.1, 0.15) is 25.4 Å². The topological polar surface area (TPSA) is 221 Å². The Balaban J connectivity index is -0.00000119. The molecule has 84 heavy (non-hydrogen) atoms. The number of carbonyl (C=O) groups is 3. The number of ether oxygens (including phenoxy) is 5. The van der Waals surface area contributed by atoms with Crippen LogP contribution in [0.1, 0.15) is 53.9 Å². The van der Waals surface area contributed by atoms with E-state index in [2.05, 4.69) is 177 Å². The molecular formula is C54H124O19Si11. The molecule has 0 saturated heterocycles. The summed E-state index contributed by atoms with van der Waals surface area (Å²) in [5.41, 5.74) is 1.03. The average Bonchev–Trinajstić information content (AvgIpc) is 3.21. The minimum Gasteiger partial charge on any atom is -0.462 e. The third-order valence-corrected chi connectivity index (χ3v) is 46.1. The zero-order chi connectivity index (χ0) is 66.8. The van der Waals surface area contributed by atoms with Gasteiger partial charge in [-0.15, -0.1) is 0 Å². The molecule has 30 heteroatoms. The zero-order valence-corrected chi connectivity index (χ0v) is 69.4. The van der Waals surface area contributed by atoms with Crippen molar-refractivity contribution >= 4 is 111 Å². The molecule has 2 unspecified atom stereocenters. The van der Waals surface area contributed by atoms with Crippen LogP contribution in [0.5, 0.6) is 0 Å². The molecule has 498 valence electrons. The van der Waals surface area contributed by atoms with Crippen molar-refractivity contribution in [3.8, 4) is 0 Å². The highest BCUT2D eigenvalue weighted by atomic mass is 28.5. The first-order valence-corrected chi connectivity index (χ1v) is 62.7. The third kappa shape index (κ3) is 52.3. The highest BCUT2D eigenvalue weighted by Crippen LogP contribution is 2.31. The molecule has 0 aliphatic rings. The summed E-state index contributed by atoms with van der Waals surface area (Å²) in [6, 6.07) is 2.45. The van der Waals surface area contributed by atoms with E-state index in [9.17, 15) is 24.6 Å². The molecule has 0 aromatic rings. The highest BCUT2D eigenvalue weighted by Gasteiger charge is 2.50. The van der Waals surface area contributed by atoms with E-state index >= 15 is 0 Å². The maximum absolute atomic E-state index is 11.6. The van der Waals surface area contributed by atoms with Crippen molar-refractivity contribution in [1.82, 2.24) is 0 Å². The summed E-state index contributed by atoms with van der Waals surface area (Å²) in [5, 5.41) is 19.6. The summed E-state index contributed by atoms with van der Waals surface area (Å²) < 4.78 is 84.2. The van der Waals surface area contributed by atoms with Crippen LogP contribution in [0.25, 0.3) is 0 Å². The molecule has 0 rings (SSSR count). The van der Waals surface area contributed by atoms with Crippen LogP contribution in [0.2, 0.25) is 175 Å². The fourth-order valence-corrected chi connectivity index (χ4v) is 54.1. The van der Waals surface area contributed by atoms with Crippen molar-refractivity contribution in [1.29, 1.82) is 0 Å². The maximum atomic E-state index is 11.6. The quantitative estimate of drug-likeness (QED) is 0.0191. The van der Waals surface area contributed by atoms with Crippen LogP contribution in [0, 0.1) is 0 Å². The minimum absolute atomic E-state index is 0.0877. The van der Waals surface area contributed by atoms with E-state index in [0.29, 0.717) is 49.0 Å². The number of aliphatic hydroxyl groups excluding tert-OH is 2. The predicted molar refractivity (Wildman–Crippen MR) is 368 cm³/mol. The summed E-state index contributed by atoms with van der Waals surface area (Å²) in [6.07, 6.45) is 0.744. The van der Waals surface area contributed by atoms with Gasteiger partial charge in [-0.25, -0.2) is 14.4 Å². The summed E-state index contributed by atoms with van der Waals surface area (Å²) in [6.45, 7) is 72.3. The number of carbonyl (C=O) groups excluding carboxylic acids is 3. The van der Waals surface area contributed by atoms with E-state index < -0.39 is 117 Å². The molecule has 0 aliphatic carbocycles. The second-order valence-corrected chi connectivity index (χ2v) is 73.7. The molecule has 0 saturated carbocycles. The van der Waals surface area contributed by atoms with Crippen LogP contribution in [-0.4, -0.2) is 186 Å². The summed E-state index contributed by atoms with van der Waals surface area (Å²) in [5.74, 6) is -1.36. The molecule has 2 atom stereocenters. The van der Waals surface area contributed by atoms with Crippen molar-refractivity contribution in [3.63, 3.8) is 0 Å². The van der Waals surface area contributed by atoms with E-state index in [0.717, 1.165) is 24.9 Å². The van der Waals surface area contributed by atoms with E-state index in [1.165, 1.54) is 0 Å². The van der Waals surface area contributed by atoms with Crippen LogP contribution in [0.4, 0.5) is 0 Å². The molecule has 0 aromatic carbocycles. The van der Waals surface area contributed by atoms with Crippen LogP contribution in [-0.2, 0) is 75.4 Å². The standard InChI is InChI=1S/C21H48O8Si4.C17H38O6Si3.C16H38O5Si4/c1-18(2)21(23)25-17-20(22)16-24-14-13-15-30(5,6)27-32(9,10)29-33(11,12)28-31(7,8)26-19(3)4;1-15(2)17(19)21-14-16(18)13-20-11-10-12-26(9,22-24(3,4)5)23-25(6,7)8;1-15(2)16(17)18-13-12-14-25(19-22(3,4)5,20-23(6,7)8)21-24(9,10)11/h19-20,22H,1,13-17H2,2-12H3;16,18H,1,10-14H2,2-9H3;1,12-14H2,2-11H3. The minimum atomic E-state index is -2.83. The van der Waals surface area contributed by atoms with Crippen LogP contribution in [0.15, 0.2) is 36.5 Å². The zero-order valence-electron chi connectivity index (χ0n) is 58.4. The molecule has 0 aliphatic heterocycles. The van der Waals surface area contributed by atoms with Crippen LogP contribution >= 0.6 is 0 Å². The number of aliphatic hydroxyl groups is 2. The number of hydrogen-bond acceptors (Lipinski definition) is 19. The highest BCUT2D eigenvalue weighted by molar-refractivity contribution is 6.91. The smallest absolute Gasteiger partial charge is 0.462 e. The molecular weight excluding hydrogens is 1260 g/mol. The van der Waals surface area contributed by atoms with Crippen molar-refractivity contribution in [2.45, 2.75) is 247 Å².